The highest BCUT2D eigenvalue weighted by Crippen LogP contribution is 2.35. The molecule has 0 saturated heterocycles. The molecule has 0 bridgehead atoms. The SMILES string of the molecule is O=c1cc(CCl)nc(-c2ccccc2C(F)(F)F)[nH]1. The van der Waals surface area contributed by atoms with Gasteiger partial charge in [-0.05, 0) is 6.07 Å². The largest absolute Gasteiger partial charge is 0.417 e. The molecule has 1 aromatic heterocycles. The number of rotatable bonds is 2. The Morgan fingerprint density at radius 1 is 1.26 bits per heavy atom. The van der Waals surface area contributed by atoms with Gasteiger partial charge in [0.25, 0.3) is 5.56 Å². The second-order valence-corrected chi connectivity index (χ2v) is 4.03. The molecular formula is C12H8ClF3N2O. The van der Waals surface area contributed by atoms with Gasteiger partial charge in [0.05, 0.1) is 17.1 Å². The van der Waals surface area contributed by atoms with Gasteiger partial charge >= 0.3 is 6.18 Å². The number of aromatic amines is 1. The summed E-state index contributed by atoms with van der Waals surface area (Å²) in [6.45, 7) is 0. The number of nitrogens with zero attached hydrogens (tertiary/aromatic N) is 1. The van der Waals surface area contributed by atoms with Gasteiger partial charge in [-0.3, -0.25) is 4.79 Å². The first kappa shape index (κ1) is 13.6. The summed E-state index contributed by atoms with van der Waals surface area (Å²) in [4.78, 5) is 17.6. The number of H-pyrrole nitrogens is 1. The van der Waals surface area contributed by atoms with Crippen molar-refractivity contribution in [3.63, 3.8) is 0 Å². The van der Waals surface area contributed by atoms with Crippen LogP contribution < -0.4 is 5.56 Å². The van der Waals surface area contributed by atoms with E-state index >= 15 is 0 Å². The molecule has 19 heavy (non-hydrogen) atoms. The summed E-state index contributed by atoms with van der Waals surface area (Å²) in [6, 6.07) is 6.04. The minimum Gasteiger partial charge on any atom is -0.307 e. The summed E-state index contributed by atoms with van der Waals surface area (Å²) in [5, 5.41) is 0. The molecule has 1 aromatic carbocycles. The molecule has 0 unspecified atom stereocenters. The second kappa shape index (κ2) is 5.05. The third-order valence-electron chi connectivity index (χ3n) is 2.42. The molecule has 0 saturated carbocycles. The standard InChI is InChI=1S/C12H8ClF3N2O/c13-6-7-5-10(19)18-11(17-7)8-3-1-2-4-9(8)12(14,15)16/h1-5H,6H2,(H,17,18,19). The van der Waals surface area contributed by atoms with Crippen molar-refractivity contribution < 1.29 is 13.2 Å². The van der Waals surface area contributed by atoms with E-state index in [2.05, 4.69) is 9.97 Å². The van der Waals surface area contributed by atoms with Crippen LogP contribution in [-0.2, 0) is 12.1 Å². The Morgan fingerprint density at radius 3 is 2.58 bits per heavy atom. The van der Waals surface area contributed by atoms with Crippen molar-refractivity contribution in [2.24, 2.45) is 0 Å². The molecule has 0 radical (unpaired) electrons. The van der Waals surface area contributed by atoms with E-state index in [-0.39, 0.29) is 23.0 Å². The number of hydrogen-bond donors (Lipinski definition) is 1. The van der Waals surface area contributed by atoms with Crippen LogP contribution in [0.4, 0.5) is 13.2 Å². The number of benzene rings is 1. The fourth-order valence-corrected chi connectivity index (χ4v) is 1.78. The molecule has 2 aromatic rings. The lowest BCUT2D eigenvalue weighted by Crippen LogP contribution is -2.13. The summed E-state index contributed by atoms with van der Waals surface area (Å²) in [5.41, 5.74) is -1.36. The first-order valence-electron chi connectivity index (χ1n) is 5.24. The summed E-state index contributed by atoms with van der Waals surface area (Å²) < 4.78 is 38.6. The zero-order chi connectivity index (χ0) is 14.0. The van der Waals surface area contributed by atoms with Gasteiger partial charge in [-0.25, -0.2) is 4.98 Å². The minimum atomic E-state index is -4.52. The maximum atomic E-state index is 12.9. The molecule has 1 heterocycles. The van der Waals surface area contributed by atoms with E-state index < -0.39 is 17.3 Å². The van der Waals surface area contributed by atoms with Crippen molar-refractivity contribution in [3.8, 4) is 11.4 Å². The Bertz CT molecular complexity index is 652. The monoisotopic (exact) mass is 288 g/mol. The summed E-state index contributed by atoms with van der Waals surface area (Å²) in [5.74, 6) is -0.193. The highest BCUT2D eigenvalue weighted by atomic mass is 35.5. The van der Waals surface area contributed by atoms with Crippen LogP contribution in [0.2, 0.25) is 0 Å². The lowest BCUT2D eigenvalue weighted by molar-refractivity contribution is -0.137. The topological polar surface area (TPSA) is 45.8 Å². The van der Waals surface area contributed by atoms with E-state index in [4.69, 9.17) is 11.6 Å². The Hall–Kier alpha value is -1.82. The van der Waals surface area contributed by atoms with Crippen molar-refractivity contribution in [2.75, 3.05) is 0 Å². The zero-order valence-electron chi connectivity index (χ0n) is 9.46. The molecule has 0 aliphatic rings. The zero-order valence-corrected chi connectivity index (χ0v) is 10.2. The van der Waals surface area contributed by atoms with Crippen LogP contribution in [0.25, 0.3) is 11.4 Å². The van der Waals surface area contributed by atoms with E-state index in [1.54, 1.807) is 0 Å². The average molecular weight is 289 g/mol. The smallest absolute Gasteiger partial charge is 0.307 e. The Labute approximate surface area is 111 Å². The summed E-state index contributed by atoms with van der Waals surface area (Å²) in [6.07, 6.45) is -4.52. The van der Waals surface area contributed by atoms with Crippen molar-refractivity contribution in [1.29, 1.82) is 0 Å². The van der Waals surface area contributed by atoms with E-state index in [0.717, 1.165) is 12.1 Å². The van der Waals surface area contributed by atoms with Crippen molar-refractivity contribution >= 4 is 11.6 Å². The molecule has 3 nitrogen and oxygen atoms in total. The first-order chi connectivity index (χ1) is 8.91. The van der Waals surface area contributed by atoms with Gasteiger partial charge in [0, 0.05) is 11.6 Å². The van der Waals surface area contributed by atoms with Crippen molar-refractivity contribution in [2.45, 2.75) is 12.1 Å². The molecule has 100 valence electrons. The quantitative estimate of drug-likeness (QED) is 0.863. The molecule has 0 atom stereocenters. The number of aromatic nitrogens is 2. The third kappa shape index (κ3) is 2.96. The normalized spacial score (nSPS) is 11.6. The van der Waals surface area contributed by atoms with Crippen LogP contribution in [0.1, 0.15) is 11.3 Å². The van der Waals surface area contributed by atoms with Crippen LogP contribution in [0.5, 0.6) is 0 Å². The lowest BCUT2D eigenvalue weighted by Gasteiger charge is -2.12. The van der Waals surface area contributed by atoms with Crippen LogP contribution in [0, 0.1) is 0 Å². The molecule has 7 heteroatoms. The third-order valence-corrected chi connectivity index (χ3v) is 2.69. The fourth-order valence-electron chi connectivity index (χ4n) is 1.64. The highest BCUT2D eigenvalue weighted by Gasteiger charge is 2.33. The highest BCUT2D eigenvalue weighted by molar-refractivity contribution is 6.16. The number of halogens is 4. The molecule has 2 rings (SSSR count). The predicted molar refractivity (Wildman–Crippen MR) is 64.9 cm³/mol. The van der Waals surface area contributed by atoms with Gasteiger partial charge in [0.1, 0.15) is 5.82 Å². The minimum absolute atomic E-state index is 0.0505. The van der Waals surface area contributed by atoms with Crippen molar-refractivity contribution in [1.82, 2.24) is 9.97 Å². The van der Waals surface area contributed by atoms with E-state index in [1.165, 1.54) is 18.2 Å². The molecular weight excluding hydrogens is 281 g/mol. The molecule has 0 aliphatic carbocycles. The molecule has 0 aliphatic heterocycles. The first-order valence-corrected chi connectivity index (χ1v) is 5.78. The number of nitrogens with one attached hydrogen (secondary N) is 1. The Balaban J connectivity index is 2.66. The van der Waals surface area contributed by atoms with Crippen LogP contribution >= 0.6 is 11.6 Å². The van der Waals surface area contributed by atoms with Gasteiger partial charge in [-0.2, -0.15) is 13.2 Å². The van der Waals surface area contributed by atoms with Gasteiger partial charge in [0.15, 0.2) is 0 Å². The number of hydrogen-bond acceptors (Lipinski definition) is 2. The van der Waals surface area contributed by atoms with E-state index in [0.29, 0.717) is 0 Å². The number of alkyl halides is 4. The Kier molecular flexibility index (Phi) is 3.61. The van der Waals surface area contributed by atoms with Crippen LogP contribution in [-0.4, -0.2) is 9.97 Å². The van der Waals surface area contributed by atoms with Gasteiger partial charge < -0.3 is 4.98 Å². The van der Waals surface area contributed by atoms with Crippen LogP contribution in [0.15, 0.2) is 35.1 Å². The molecule has 1 N–H and O–H groups in total. The second-order valence-electron chi connectivity index (χ2n) is 3.76. The summed E-state index contributed by atoms with van der Waals surface area (Å²) in [7, 11) is 0. The predicted octanol–water partition coefficient (Wildman–Crippen LogP) is 3.19. The fraction of sp³-hybridized carbons (Fsp3) is 0.167. The van der Waals surface area contributed by atoms with Gasteiger partial charge in [-0.1, -0.05) is 18.2 Å². The van der Waals surface area contributed by atoms with Gasteiger partial charge in [0.2, 0.25) is 0 Å². The van der Waals surface area contributed by atoms with E-state index in [9.17, 15) is 18.0 Å². The maximum absolute atomic E-state index is 12.9. The van der Waals surface area contributed by atoms with Gasteiger partial charge in [-0.15, -0.1) is 11.6 Å². The van der Waals surface area contributed by atoms with Crippen LogP contribution in [0.3, 0.4) is 0 Å². The summed E-state index contributed by atoms with van der Waals surface area (Å²) >= 11 is 5.55. The average Bonchev–Trinajstić information content (AvgIpc) is 2.37. The molecule has 0 fully saturated rings. The Morgan fingerprint density at radius 2 is 1.95 bits per heavy atom. The van der Waals surface area contributed by atoms with E-state index in [1.807, 2.05) is 0 Å². The van der Waals surface area contributed by atoms with Crippen molar-refractivity contribution in [3.05, 3.63) is 51.9 Å². The molecule has 0 spiro atoms. The lowest BCUT2D eigenvalue weighted by atomic mass is 10.1. The molecule has 0 amide bonds. The maximum Gasteiger partial charge on any atom is 0.417 e.